The fourth-order valence-electron chi connectivity index (χ4n) is 3.75. The number of guanidine groups is 1. The Morgan fingerprint density at radius 2 is 1.97 bits per heavy atom. The fraction of sp³-hybridized carbons (Fsp3) is 0.435. The van der Waals surface area contributed by atoms with Gasteiger partial charge in [-0.1, -0.05) is 48.0 Å². The molecule has 5 nitrogen and oxygen atoms in total. The molecule has 2 aromatic carbocycles. The Bertz CT molecular complexity index is 837. The summed E-state index contributed by atoms with van der Waals surface area (Å²) in [6.07, 6.45) is 2.14. The molecule has 2 unspecified atom stereocenters. The minimum Gasteiger partial charge on any atom is -0.434 e. The summed E-state index contributed by atoms with van der Waals surface area (Å²) < 4.78 is 36.0. The molecule has 1 heterocycles. The van der Waals surface area contributed by atoms with E-state index in [0.717, 1.165) is 25.0 Å². The monoisotopic (exact) mass is 545 g/mol. The van der Waals surface area contributed by atoms with Crippen LogP contribution in [0.3, 0.4) is 0 Å². The van der Waals surface area contributed by atoms with Crippen molar-refractivity contribution >= 4 is 29.9 Å². The number of aryl methyl sites for hydroxylation is 1. The molecule has 0 bridgehead atoms. The molecule has 31 heavy (non-hydrogen) atoms. The van der Waals surface area contributed by atoms with Gasteiger partial charge in [0.25, 0.3) is 0 Å². The van der Waals surface area contributed by atoms with Crippen molar-refractivity contribution in [3.8, 4) is 5.75 Å². The maximum absolute atomic E-state index is 12.7. The van der Waals surface area contributed by atoms with Gasteiger partial charge in [0, 0.05) is 38.2 Å². The van der Waals surface area contributed by atoms with E-state index in [1.165, 1.54) is 5.56 Å². The fourth-order valence-corrected chi connectivity index (χ4v) is 3.75. The Hall–Kier alpha value is -1.94. The lowest BCUT2D eigenvalue weighted by Crippen LogP contribution is -2.41. The van der Waals surface area contributed by atoms with Crippen LogP contribution in [0.2, 0.25) is 0 Å². The third-order valence-corrected chi connectivity index (χ3v) is 5.21. The van der Waals surface area contributed by atoms with Crippen molar-refractivity contribution in [3.63, 3.8) is 0 Å². The molecule has 0 saturated carbocycles. The molecule has 2 atom stereocenters. The van der Waals surface area contributed by atoms with Crippen LogP contribution in [0.15, 0.2) is 53.5 Å². The Morgan fingerprint density at radius 1 is 1.19 bits per heavy atom. The number of benzene rings is 2. The van der Waals surface area contributed by atoms with Crippen molar-refractivity contribution in [2.75, 3.05) is 20.2 Å². The van der Waals surface area contributed by atoms with E-state index in [2.05, 4.69) is 32.5 Å². The number of nitrogens with zero attached hydrogens (tertiary/aromatic N) is 1. The summed E-state index contributed by atoms with van der Waals surface area (Å²) in [5, 5.41) is 6.55. The van der Waals surface area contributed by atoms with Crippen LogP contribution >= 0.6 is 24.0 Å². The van der Waals surface area contributed by atoms with Crippen molar-refractivity contribution in [3.05, 3.63) is 65.2 Å². The second-order valence-electron chi connectivity index (χ2n) is 7.40. The van der Waals surface area contributed by atoms with Crippen LogP contribution in [0, 0.1) is 12.8 Å². The van der Waals surface area contributed by atoms with Gasteiger partial charge in [-0.15, -0.1) is 24.0 Å². The number of hydrogen-bond acceptors (Lipinski definition) is 3. The molecule has 2 N–H and O–H groups in total. The number of alkyl halides is 2. The molecule has 3 rings (SSSR count). The zero-order chi connectivity index (χ0) is 21.3. The highest BCUT2D eigenvalue weighted by Gasteiger charge is 2.27. The van der Waals surface area contributed by atoms with Crippen LogP contribution in [0.1, 0.15) is 35.6 Å². The molecule has 0 radical (unpaired) electrons. The molecule has 0 amide bonds. The van der Waals surface area contributed by atoms with Crippen LogP contribution in [-0.2, 0) is 11.3 Å². The number of aliphatic imine (C=N–C) groups is 1. The largest absolute Gasteiger partial charge is 0.434 e. The Labute approximate surface area is 199 Å². The van der Waals surface area contributed by atoms with Gasteiger partial charge in [0.1, 0.15) is 5.75 Å². The molecule has 0 spiro atoms. The highest BCUT2D eigenvalue weighted by atomic mass is 127. The molecule has 1 aliphatic heterocycles. The zero-order valence-corrected chi connectivity index (χ0v) is 20.1. The smallest absolute Gasteiger partial charge is 0.387 e. The van der Waals surface area contributed by atoms with Crippen molar-refractivity contribution in [1.82, 2.24) is 10.6 Å². The van der Waals surface area contributed by atoms with E-state index in [1.54, 1.807) is 19.2 Å². The Balaban J connectivity index is 0.00000341. The first kappa shape index (κ1) is 25.3. The van der Waals surface area contributed by atoms with Gasteiger partial charge < -0.3 is 20.1 Å². The van der Waals surface area contributed by atoms with Crippen molar-refractivity contribution in [1.29, 1.82) is 0 Å². The number of hydrogen-bond donors (Lipinski definition) is 2. The minimum atomic E-state index is -2.86. The quantitative estimate of drug-likeness (QED) is 0.291. The van der Waals surface area contributed by atoms with Gasteiger partial charge >= 0.3 is 6.61 Å². The van der Waals surface area contributed by atoms with Crippen molar-refractivity contribution < 1.29 is 18.3 Å². The molecule has 0 aromatic heterocycles. The third-order valence-electron chi connectivity index (χ3n) is 5.21. The van der Waals surface area contributed by atoms with Gasteiger partial charge in [0.2, 0.25) is 0 Å². The minimum absolute atomic E-state index is 0. The van der Waals surface area contributed by atoms with Crippen LogP contribution in [0.5, 0.6) is 5.75 Å². The van der Waals surface area contributed by atoms with Crippen LogP contribution in [0.4, 0.5) is 8.78 Å². The molecule has 1 saturated heterocycles. The molecule has 170 valence electrons. The Kier molecular flexibility index (Phi) is 10.5. The molecule has 0 aliphatic carbocycles. The first-order chi connectivity index (χ1) is 14.6. The van der Waals surface area contributed by atoms with E-state index in [0.29, 0.717) is 30.5 Å². The maximum Gasteiger partial charge on any atom is 0.387 e. The molecular formula is C23H30F2IN3O2. The number of nitrogens with one attached hydrogen (secondary N) is 2. The maximum atomic E-state index is 12.7. The molecule has 8 heteroatoms. The van der Waals surface area contributed by atoms with E-state index in [-0.39, 0.29) is 35.8 Å². The lowest BCUT2D eigenvalue weighted by molar-refractivity contribution is -0.0504. The number of ether oxygens (including phenoxy) is 2. The van der Waals surface area contributed by atoms with Crippen LogP contribution in [-0.4, -0.2) is 32.8 Å². The van der Waals surface area contributed by atoms with E-state index in [1.807, 2.05) is 31.2 Å². The SMILES string of the molecule is CN=C(NCc1cc(C)ccc1OC(F)F)NCC1CCCOC1c1ccccc1.I. The first-order valence-electron chi connectivity index (χ1n) is 10.2. The topological polar surface area (TPSA) is 54.9 Å². The first-order valence-corrected chi connectivity index (χ1v) is 10.2. The third kappa shape index (κ3) is 7.60. The van der Waals surface area contributed by atoms with Gasteiger partial charge in [0.15, 0.2) is 5.96 Å². The molecule has 2 aromatic rings. The molecular weight excluding hydrogens is 515 g/mol. The van der Waals surface area contributed by atoms with E-state index >= 15 is 0 Å². The Morgan fingerprint density at radius 3 is 2.68 bits per heavy atom. The van der Waals surface area contributed by atoms with E-state index in [4.69, 9.17) is 4.74 Å². The predicted octanol–water partition coefficient (Wildman–Crippen LogP) is 5.05. The van der Waals surface area contributed by atoms with Crippen molar-refractivity contribution in [2.45, 2.75) is 39.0 Å². The number of rotatable bonds is 7. The van der Waals surface area contributed by atoms with Gasteiger partial charge in [-0.05, 0) is 31.4 Å². The van der Waals surface area contributed by atoms with Gasteiger partial charge in [-0.2, -0.15) is 8.78 Å². The van der Waals surface area contributed by atoms with Crippen LogP contribution < -0.4 is 15.4 Å². The van der Waals surface area contributed by atoms with E-state index < -0.39 is 6.61 Å². The second-order valence-corrected chi connectivity index (χ2v) is 7.40. The van der Waals surface area contributed by atoms with Crippen molar-refractivity contribution in [2.24, 2.45) is 10.9 Å². The average molecular weight is 545 g/mol. The summed E-state index contributed by atoms with van der Waals surface area (Å²) in [6, 6.07) is 15.4. The lowest BCUT2D eigenvalue weighted by Gasteiger charge is -2.32. The normalized spacial score (nSPS) is 18.9. The summed E-state index contributed by atoms with van der Waals surface area (Å²) in [6.45, 7) is 0.851. The highest BCUT2D eigenvalue weighted by Crippen LogP contribution is 2.33. The van der Waals surface area contributed by atoms with Crippen LogP contribution in [0.25, 0.3) is 0 Å². The van der Waals surface area contributed by atoms with Gasteiger partial charge in [0.05, 0.1) is 6.10 Å². The molecule has 1 fully saturated rings. The van der Waals surface area contributed by atoms with Gasteiger partial charge in [-0.25, -0.2) is 0 Å². The second kappa shape index (κ2) is 12.8. The summed E-state index contributed by atoms with van der Waals surface area (Å²) in [7, 11) is 1.69. The average Bonchev–Trinajstić information content (AvgIpc) is 2.76. The standard InChI is InChI=1S/C23H29F2N3O2.HI/c1-16-10-11-20(30-22(24)25)19(13-16)15-28-23(26-2)27-14-18-9-6-12-29-21(18)17-7-4-3-5-8-17;/h3-5,7-8,10-11,13,18,21-22H,6,9,12,14-15H2,1-2H3,(H2,26,27,28);1H. The van der Waals surface area contributed by atoms with E-state index in [9.17, 15) is 8.78 Å². The summed E-state index contributed by atoms with van der Waals surface area (Å²) in [4.78, 5) is 4.26. The predicted molar refractivity (Wildman–Crippen MR) is 129 cm³/mol. The summed E-state index contributed by atoms with van der Waals surface area (Å²) in [5.74, 6) is 1.09. The summed E-state index contributed by atoms with van der Waals surface area (Å²) >= 11 is 0. The molecule has 1 aliphatic rings. The lowest BCUT2D eigenvalue weighted by atomic mass is 9.89. The van der Waals surface area contributed by atoms with Gasteiger partial charge in [-0.3, -0.25) is 4.99 Å². The summed E-state index contributed by atoms with van der Waals surface area (Å²) in [5.41, 5.74) is 2.81. The highest BCUT2D eigenvalue weighted by molar-refractivity contribution is 14.0. The number of halogens is 3. The zero-order valence-electron chi connectivity index (χ0n) is 17.8.